The van der Waals surface area contributed by atoms with Crippen LogP contribution in [0.2, 0.25) is 0 Å². The predicted octanol–water partition coefficient (Wildman–Crippen LogP) is 5.92. The largest absolute Gasteiger partial charge is 0.436 e. The Morgan fingerprint density at radius 3 is 2.59 bits per heavy atom. The number of anilines is 2. The van der Waals surface area contributed by atoms with Crippen molar-refractivity contribution in [2.45, 2.75) is 26.7 Å². The fraction of sp³-hybridized carbons (Fsp3) is 0.286. The van der Waals surface area contributed by atoms with Crippen molar-refractivity contribution in [3.8, 4) is 11.5 Å². The molecule has 2 heterocycles. The Labute approximate surface area is 214 Å². The number of nitrogens with zero attached hydrogens (tertiary/aromatic N) is 3. The Balaban J connectivity index is 1.47. The second-order valence-electron chi connectivity index (χ2n) is 9.44. The number of nitro groups is 1. The topological polar surface area (TPSA) is 111 Å². The predicted molar refractivity (Wildman–Crippen MR) is 142 cm³/mol. The van der Waals surface area contributed by atoms with Crippen LogP contribution in [0.15, 0.2) is 59.0 Å². The molecule has 1 amide bonds. The molecular weight excluding hydrogens is 472 g/mol. The first-order chi connectivity index (χ1) is 17.8. The number of amides is 1. The molecule has 0 saturated carbocycles. The number of morpholine rings is 1. The first kappa shape index (κ1) is 24.5. The minimum atomic E-state index is -0.496. The van der Waals surface area contributed by atoms with E-state index in [1.165, 1.54) is 17.7 Å². The van der Waals surface area contributed by atoms with Gasteiger partial charge in [0, 0.05) is 36.5 Å². The number of hydrogen-bond acceptors (Lipinski definition) is 7. The van der Waals surface area contributed by atoms with Gasteiger partial charge < -0.3 is 19.4 Å². The molecule has 0 unspecified atom stereocenters. The van der Waals surface area contributed by atoms with Gasteiger partial charge in [-0.2, -0.15) is 0 Å². The number of benzene rings is 3. The quantitative estimate of drug-likeness (QED) is 0.258. The lowest BCUT2D eigenvalue weighted by Gasteiger charge is -2.30. The summed E-state index contributed by atoms with van der Waals surface area (Å²) in [6.45, 7) is 8.40. The van der Waals surface area contributed by atoms with Crippen molar-refractivity contribution < 1.29 is 18.9 Å². The molecule has 1 aliphatic rings. The Kier molecular flexibility index (Phi) is 6.62. The van der Waals surface area contributed by atoms with E-state index in [1.54, 1.807) is 6.07 Å². The van der Waals surface area contributed by atoms with Crippen LogP contribution in [0, 0.1) is 17.0 Å². The van der Waals surface area contributed by atoms with Gasteiger partial charge in [0.2, 0.25) is 5.89 Å². The number of carbonyl (C=O) groups is 1. The monoisotopic (exact) mass is 500 g/mol. The van der Waals surface area contributed by atoms with Crippen molar-refractivity contribution in [3.63, 3.8) is 0 Å². The summed E-state index contributed by atoms with van der Waals surface area (Å²) in [4.78, 5) is 31.1. The average Bonchev–Trinajstić information content (AvgIpc) is 3.33. The van der Waals surface area contributed by atoms with Gasteiger partial charge in [0.05, 0.1) is 29.4 Å². The first-order valence-electron chi connectivity index (χ1n) is 12.2. The lowest BCUT2D eigenvalue weighted by Crippen LogP contribution is -2.37. The number of nitrogens with one attached hydrogen (secondary N) is 1. The molecule has 4 aromatic rings. The molecule has 5 rings (SSSR count). The zero-order valence-corrected chi connectivity index (χ0v) is 21.0. The van der Waals surface area contributed by atoms with E-state index in [4.69, 9.17) is 9.15 Å². The van der Waals surface area contributed by atoms with Crippen LogP contribution in [-0.2, 0) is 4.74 Å². The normalized spacial score (nSPS) is 13.8. The van der Waals surface area contributed by atoms with Gasteiger partial charge >= 0.3 is 0 Å². The Morgan fingerprint density at radius 1 is 1.08 bits per heavy atom. The number of rotatable bonds is 6. The van der Waals surface area contributed by atoms with Gasteiger partial charge in [-0.15, -0.1) is 0 Å². The third-order valence-electron chi connectivity index (χ3n) is 6.60. The van der Waals surface area contributed by atoms with E-state index < -0.39 is 10.8 Å². The Morgan fingerprint density at radius 2 is 1.86 bits per heavy atom. The SMILES string of the molecule is Cc1ccc(-c2nc3cc(C(C)C)ccc3o2)cc1NC(=O)c1cc([N+](=O)[O-])ccc1N1CCOCC1. The zero-order chi connectivity index (χ0) is 26.1. The van der Waals surface area contributed by atoms with Crippen molar-refractivity contribution in [2.24, 2.45) is 0 Å². The standard InChI is InChI=1S/C28H28N4O5/c1-17(2)19-6-9-26-24(14-19)30-28(37-26)20-5-4-18(3)23(15-20)29-27(33)22-16-21(32(34)35)7-8-25(22)31-10-12-36-13-11-31/h4-9,14-17H,10-13H2,1-3H3,(H,29,33). The number of oxazole rings is 1. The fourth-order valence-electron chi connectivity index (χ4n) is 4.41. The van der Waals surface area contributed by atoms with E-state index in [2.05, 4.69) is 24.1 Å². The molecular formula is C28H28N4O5. The maximum atomic E-state index is 13.5. The fourth-order valence-corrected chi connectivity index (χ4v) is 4.41. The minimum Gasteiger partial charge on any atom is -0.436 e. The van der Waals surface area contributed by atoms with Crippen LogP contribution in [0.25, 0.3) is 22.6 Å². The molecule has 1 aromatic heterocycles. The summed E-state index contributed by atoms with van der Waals surface area (Å²) in [5.41, 5.74) is 5.52. The molecule has 3 aromatic carbocycles. The number of aromatic nitrogens is 1. The molecule has 0 atom stereocenters. The second-order valence-corrected chi connectivity index (χ2v) is 9.44. The lowest BCUT2D eigenvalue weighted by molar-refractivity contribution is -0.384. The van der Waals surface area contributed by atoms with Crippen LogP contribution >= 0.6 is 0 Å². The van der Waals surface area contributed by atoms with Crippen LogP contribution in [-0.4, -0.2) is 42.1 Å². The van der Waals surface area contributed by atoms with Gasteiger partial charge in [-0.05, 0) is 54.3 Å². The molecule has 1 aliphatic heterocycles. The maximum absolute atomic E-state index is 13.5. The van der Waals surface area contributed by atoms with Crippen LogP contribution in [0.4, 0.5) is 17.1 Å². The van der Waals surface area contributed by atoms with Crippen molar-refractivity contribution in [3.05, 3.63) is 81.4 Å². The minimum absolute atomic E-state index is 0.139. The number of ether oxygens (including phenoxy) is 1. The molecule has 190 valence electrons. The summed E-state index contributed by atoms with van der Waals surface area (Å²) >= 11 is 0. The van der Waals surface area contributed by atoms with Crippen LogP contribution in [0.3, 0.4) is 0 Å². The highest BCUT2D eigenvalue weighted by Gasteiger charge is 2.23. The molecule has 0 aliphatic carbocycles. The maximum Gasteiger partial charge on any atom is 0.270 e. The molecule has 9 nitrogen and oxygen atoms in total. The van der Waals surface area contributed by atoms with E-state index in [-0.39, 0.29) is 11.3 Å². The van der Waals surface area contributed by atoms with Gasteiger partial charge in [-0.25, -0.2) is 4.98 Å². The summed E-state index contributed by atoms with van der Waals surface area (Å²) in [5.74, 6) is 0.405. The van der Waals surface area contributed by atoms with Crippen LogP contribution in [0.1, 0.15) is 41.3 Å². The summed E-state index contributed by atoms with van der Waals surface area (Å²) in [7, 11) is 0. The molecule has 9 heteroatoms. The molecule has 1 N–H and O–H groups in total. The van der Waals surface area contributed by atoms with Gasteiger partial charge in [0.1, 0.15) is 5.52 Å². The van der Waals surface area contributed by atoms with Gasteiger partial charge in [0.15, 0.2) is 5.58 Å². The summed E-state index contributed by atoms with van der Waals surface area (Å²) < 4.78 is 11.4. The lowest BCUT2D eigenvalue weighted by atomic mass is 10.0. The molecule has 0 spiro atoms. The average molecular weight is 501 g/mol. The highest BCUT2D eigenvalue weighted by molar-refractivity contribution is 6.09. The number of fused-ring (bicyclic) bond motifs is 1. The molecule has 1 fully saturated rings. The second kappa shape index (κ2) is 10.0. The van der Waals surface area contributed by atoms with E-state index in [1.807, 2.05) is 48.2 Å². The first-order valence-corrected chi connectivity index (χ1v) is 12.2. The van der Waals surface area contributed by atoms with Gasteiger partial charge in [-0.3, -0.25) is 14.9 Å². The van der Waals surface area contributed by atoms with Crippen molar-refractivity contribution in [1.29, 1.82) is 0 Å². The van der Waals surface area contributed by atoms with E-state index in [9.17, 15) is 14.9 Å². The van der Waals surface area contributed by atoms with Crippen LogP contribution in [0.5, 0.6) is 0 Å². The highest BCUT2D eigenvalue weighted by Crippen LogP contribution is 2.31. The summed E-state index contributed by atoms with van der Waals surface area (Å²) in [5, 5.41) is 14.4. The number of hydrogen-bond donors (Lipinski definition) is 1. The van der Waals surface area contributed by atoms with E-state index in [0.29, 0.717) is 55.1 Å². The van der Waals surface area contributed by atoms with Crippen molar-refractivity contribution in [2.75, 3.05) is 36.5 Å². The number of nitro benzene ring substituents is 1. The number of aryl methyl sites for hydroxylation is 1. The van der Waals surface area contributed by atoms with E-state index in [0.717, 1.165) is 16.6 Å². The summed E-state index contributed by atoms with van der Waals surface area (Å²) in [6.07, 6.45) is 0. The van der Waals surface area contributed by atoms with Crippen LogP contribution < -0.4 is 10.2 Å². The van der Waals surface area contributed by atoms with Crippen molar-refractivity contribution in [1.82, 2.24) is 4.98 Å². The van der Waals surface area contributed by atoms with Crippen molar-refractivity contribution >= 4 is 34.1 Å². The molecule has 0 radical (unpaired) electrons. The van der Waals surface area contributed by atoms with E-state index >= 15 is 0 Å². The number of carbonyl (C=O) groups excluding carboxylic acids is 1. The third kappa shape index (κ3) is 5.03. The zero-order valence-electron chi connectivity index (χ0n) is 21.0. The van der Waals surface area contributed by atoms with Gasteiger partial charge in [-0.1, -0.05) is 26.0 Å². The summed E-state index contributed by atoms with van der Waals surface area (Å²) in [6, 6.07) is 16.0. The third-order valence-corrected chi connectivity index (χ3v) is 6.60. The van der Waals surface area contributed by atoms with Gasteiger partial charge in [0.25, 0.3) is 11.6 Å². The molecule has 1 saturated heterocycles. The molecule has 0 bridgehead atoms. The Hall–Kier alpha value is -4.24. The highest BCUT2D eigenvalue weighted by atomic mass is 16.6. The Bertz CT molecular complexity index is 1490. The smallest absolute Gasteiger partial charge is 0.270 e. The molecule has 37 heavy (non-hydrogen) atoms. The number of non-ortho nitro benzene ring substituents is 1.